The largest absolute Gasteiger partial charge is 0.366 e. The van der Waals surface area contributed by atoms with Gasteiger partial charge in [0.15, 0.2) is 0 Å². The minimum absolute atomic E-state index is 0.437. The average Bonchev–Trinajstić information content (AvgIpc) is 2.44. The second kappa shape index (κ2) is 4.60. The highest BCUT2D eigenvalue weighted by Gasteiger charge is 2.00. The number of primary amides is 1. The SMILES string of the molecule is CCCn1cc(C=CC(N)=O)c(C)n1. The summed E-state index contributed by atoms with van der Waals surface area (Å²) in [5, 5.41) is 4.29. The molecule has 1 amide bonds. The molecule has 1 aromatic rings. The van der Waals surface area contributed by atoms with E-state index in [1.165, 1.54) is 6.08 Å². The van der Waals surface area contributed by atoms with E-state index < -0.39 is 5.91 Å². The van der Waals surface area contributed by atoms with Crippen molar-refractivity contribution >= 4 is 12.0 Å². The maximum Gasteiger partial charge on any atom is 0.241 e. The van der Waals surface area contributed by atoms with Crippen LogP contribution in [0, 0.1) is 6.92 Å². The molecule has 0 spiro atoms. The average molecular weight is 193 g/mol. The molecule has 0 aliphatic heterocycles. The minimum Gasteiger partial charge on any atom is -0.366 e. The molecular formula is C10H15N3O. The van der Waals surface area contributed by atoms with Gasteiger partial charge in [-0.2, -0.15) is 5.10 Å². The zero-order chi connectivity index (χ0) is 10.6. The van der Waals surface area contributed by atoms with Crippen LogP contribution in [0.5, 0.6) is 0 Å². The van der Waals surface area contributed by atoms with Crippen LogP contribution in [0.2, 0.25) is 0 Å². The quantitative estimate of drug-likeness (QED) is 0.728. The summed E-state index contributed by atoms with van der Waals surface area (Å²) in [7, 11) is 0. The molecule has 0 radical (unpaired) electrons. The van der Waals surface area contributed by atoms with Crippen molar-refractivity contribution in [2.75, 3.05) is 0 Å². The Morgan fingerprint density at radius 1 is 1.71 bits per heavy atom. The lowest BCUT2D eigenvalue weighted by Gasteiger charge is -1.93. The van der Waals surface area contributed by atoms with Crippen molar-refractivity contribution in [1.29, 1.82) is 0 Å². The Morgan fingerprint density at radius 3 is 3.00 bits per heavy atom. The Hall–Kier alpha value is -1.58. The van der Waals surface area contributed by atoms with Crippen LogP contribution in [-0.4, -0.2) is 15.7 Å². The lowest BCUT2D eigenvalue weighted by Crippen LogP contribution is -2.05. The summed E-state index contributed by atoms with van der Waals surface area (Å²) in [6.07, 6.45) is 6.00. The van der Waals surface area contributed by atoms with Crippen molar-refractivity contribution in [1.82, 2.24) is 9.78 Å². The molecule has 0 saturated carbocycles. The van der Waals surface area contributed by atoms with Gasteiger partial charge in [-0.25, -0.2) is 0 Å². The molecule has 4 heteroatoms. The third-order valence-corrected chi connectivity index (χ3v) is 1.86. The van der Waals surface area contributed by atoms with Gasteiger partial charge in [-0.15, -0.1) is 0 Å². The number of hydrogen-bond acceptors (Lipinski definition) is 2. The van der Waals surface area contributed by atoms with Gasteiger partial charge in [0.05, 0.1) is 5.69 Å². The zero-order valence-electron chi connectivity index (χ0n) is 8.53. The van der Waals surface area contributed by atoms with E-state index in [1.54, 1.807) is 6.08 Å². The maximum atomic E-state index is 10.5. The number of hydrogen-bond donors (Lipinski definition) is 1. The van der Waals surface area contributed by atoms with E-state index in [2.05, 4.69) is 12.0 Å². The molecule has 0 unspecified atom stereocenters. The molecule has 1 rings (SSSR count). The van der Waals surface area contributed by atoms with Crippen LogP contribution in [0.4, 0.5) is 0 Å². The Labute approximate surface area is 83.4 Å². The highest BCUT2D eigenvalue weighted by atomic mass is 16.1. The molecule has 1 heterocycles. The molecule has 14 heavy (non-hydrogen) atoms. The lowest BCUT2D eigenvalue weighted by molar-refractivity contribution is -0.113. The number of nitrogens with zero attached hydrogens (tertiary/aromatic N) is 2. The first kappa shape index (κ1) is 10.5. The maximum absolute atomic E-state index is 10.5. The van der Waals surface area contributed by atoms with Gasteiger partial charge < -0.3 is 5.73 Å². The van der Waals surface area contributed by atoms with Gasteiger partial charge in [-0.1, -0.05) is 6.92 Å². The third kappa shape index (κ3) is 2.73. The predicted molar refractivity (Wildman–Crippen MR) is 55.5 cm³/mol. The summed E-state index contributed by atoms with van der Waals surface area (Å²) < 4.78 is 1.87. The summed E-state index contributed by atoms with van der Waals surface area (Å²) in [5.41, 5.74) is 6.86. The van der Waals surface area contributed by atoms with Crippen LogP contribution in [0.25, 0.3) is 6.08 Å². The second-order valence-corrected chi connectivity index (χ2v) is 3.17. The molecule has 4 nitrogen and oxygen atoms in total. The van der Waals surface area contributed by atoms with Gasteiger partial charge in [-0.05, 0) is 19.4 Å². The molecule has 0 fully saturated rings. The monoisotopic (exact) mass is 193 g/mol. The molecule has 0 aliphatic carbocycles. The number of rotatable bonds is 4. The van der Waals surface area contributed by atoms with Crippen molar-refractivity contribution in [2.45, 2.75) is 26.8 Å². The summed E-state index contributed by atoms with van der Waals surface area (Å²) in [5.74, 6) is -0.437. The van der Waals surface area contributed by atoms with E-state index in [1.807, 2.05) is 17.8 Å². The fourth-order valence-corrected chi connectivity index (χ4v) is 1.21. The highest BCUT2D eigenvalue weighted by molar-refractivity contribution is 5.90. The molecule has 76 valence electrons. The Kier molecular flexibility index (Phi) is 3.45. The molecule has 0 saturated heterocycles. The van der Waals surface area contributed by atoms with Crippen molar-refractivity contribution in [2.24, 2.45) is 5.73 Å². The smallest absolute Gasteiger partial charge is 0.241 e. The van der Waals surface area contributed by atoms with Crippen LogP contribution in [0.15, 0.2) is 12.3 Å². The van der Waals surface area contributed by atoms with E-state index in [4.69, 9.17) is 5.73 Å². The molecule has 0 aromatic carbocycles. The fraction of sp³-hybridized carbons (Fsp3) is 0.400. The number of carbonyl (C=O) groups is 1. The Balaban J connectivity index is 2.82. The standard InChI is InChI=1S/C10H15N3O/c1-3-6-13-7-9(8(2)12-13)4-5-10(11)14/h4-5,7H,3,6H2,1-2H3,(H2,11,14). The first-order valence-corrected chi connectivity index (χ1v) is 4.65. The summed E-state index contributed by atoms with van der Waals surface area (Å²) in [6, 6.07) is 0. The highest BCUT2D eigenvalue weighted by Crippen LogP contribution is 2.07. The molecule has 0 atom stereocenters. The first-order valence-electron chi connectivity index (χ1n) is 4.65. The number of aryl methyl sites for hydroxylation is 2. The van der Waals surface area contributed by atoms with E-state index in [-0.39, 0.29) is 0 Å². The van der Waals surface area contributed by atoms with Crippen LogP contribution in [0.1, 0.15) is 24.6 Å². The van der Waals surface area contributed by atoms with Crippen molar-refractivity contribution in [3.05, 3.63) is 23.5 Å². The predicted octanol–water partition coefficient (Wildman–Crippen LogP) is 1.10. The van der Waals surface area contributed by atoms with Gasteiger partial charge in [0, 0.05) is 24.4 Å². The van der Waals surface area contributed by atoms with Crippen molar-refractivity contribution < 1.29 is 4.79 Å². The zero-order valence-corrected chi connectivity index (χ0v) is 8.53. The second-order valence-electron chi connectivity index (χ2n) is 3.17. The van der Waals surface area contributed by atoms with Gasteiger partial charge >= 0.3 is 0 Å². The van der Waals surface area contributed by atoms with Gasteiger partial charge in [0.25, 0.3) is 0 Å². The molecule has 0 bridgehead atoms. The molecular weight excluding hydrogens is 178 g/mol. The summed E-state index contributed by atoms with van der Waals surface area (Å²) in [4.78, 5) is 10.5. The van der Waals surface area contributed by atoms with Crippen molar-refractivity contribution in [3.63, 3.8) is 0 Å². The number of aromatic nitrogens is 2. The number of carbonyl (C=O) groups excluding carboxylic acids is 1. The first-order chi connectivity index (χ1) is 6.63. The summed E-state index contributed by atoms with van der Waals surface area (Å²) in [6.45, 7) is 4.90. The minimum atomic E-state index is -0.437. The summed E-state index contributed by atoms with van der Waals surface area (Å²) >= 11 is 0. The van der Waals surface area contributed by atoms with Crippen LogP contribution in [-0.2, 0) is 11.3 Å². The lowest BCUT2D eigenvalue weighted by atomic mass is 10.2. The van der Waals surface area contributed by atoms with Gasteiger partial charge in [0.1, 0.15) is 0 Å². The van der Waals surface area contributed by atoms with E-state index in [0.29, 0.717) is 0 Å². The molecule has 2 N–H and O–H groups in total. The normalized spacial score (nSPS) is 11.0. The molecule has 0 aliphatic rings. The number of amides is 1. The van der Waals surface area contributed by atoms with Crippen molar-refractivity contribution in [3.8, 4) is 0 Å². The van der Waals surface area contributed by atoms with Gasteiger partial charge in [0.2, 0.25) is 5.91 Å². The third-order valence-electron chi connectivity index (χ3n) is 1.86. The van der Waals surface area contributed by atoms with Crippen LogP contribution < -0.4 is 5.73 Å². The van der Waals surface area contributed by atoms with E-state index in [0.717, 1.165) is 24.2 Å². The Morgan fingerprint density at radius 2 is 2.43 bits per heavy atom. The van der Waals surface area contributed by atoms with Crippen LogP contribution >= 0.6 is 0 Å². The topological polar surface area (TPSA) is 60.9 Å². The van der Waals surface area contributed by atoms with E-state index in [9.17, 15) is 4.79 Å². The Bertz CT molecular complexity index is 352. The van der Waals surface area contributed by atoms with Gasteiger partial charge in [-0.3, -0.25) is 9.48 Å². The number of nitrogens with two attached hydrogens (primary N) is 1. The van der Waals surface area contributed by atoms with E-state index >= 15 is 0 Å². The fourth-order valence-electron chi connectivity index (χ4n) is 1.21. The molecule has 1 aromatic heterocycles. The van der Waals surface area contributed by atoms with Crippen LogP contribution in [0.3, 0.4) is 0 Å².